The standard InChI is InChI=1S/C14H11BrClFN2O3S.C14H15Cl2FN2O4S.C14H11Cl2FN2O3S/c1-4-5-22-11-6-8(10(17)7-9(11)16)13-12(15)14(19(2)18-13)23(3,20)21;1-19-14(24(3,20)21)12(16)13(18-19)8-6-11(23-5-4-22-2)9(15)7-10(8)17;1-4-5-22-11-6-8(10(17)7-9(11)15)13-12(16)14(19(2)18-13)23(3,20)21/h1,6-7H,5H2,2-3H3;6-7H,4-5H2,1-3H3;1,6-7H,5H2,2-3H3. The molecule has 28 heteroatoms. The quantitative estimate of drug-likeness (QED) is 0.0742. The molecule has 0 saturated carbocycles. The van der Waals surface area contributed by atoms with Gasteiger partial charge in [-0.15, -0.1) is 12.8 Å². The van der Waals surface area contributed by atoms with Gasteiger partial charge in [-0.3, -0.25) is 14.0 Å². The summed E-state index contributed by atoms with van der Waals surface area (Å²) in [6, 6.07) is 7.07. The Morgan fingerprint density at radius 3 is 1.17 bits per heavy atom. The average molecular weight is 1200 g/mol. The maximum atomic E-state index is 14.3. The number of hydrogen-bond donors (Lipinski definition) is 0. The van der Waals surface area contributed by atoms with Gasteiger partial charge < -0.3 is 18.9 Å². The Labute approximate surface area is 434 Å². The van der Waals surface area contributed by atoms with Crippen LogP contribution in [0.5, 0.6) is 17.2 Å². The van der Waals surface area contributed by atoms with Crippen LogP contribution in [0, 0.1) is 42.1 Å². The molecule has 0 saturated heterocycles. The molecular weight excluding hydrogens is 1160 g/mol. The molecule has 6 rings (SSSR count). The third-order valence-electron chi connectivity index (χ3n) is 8.87. The van der Waals surface area contributed by atoms with E-state index in [1.54, 1.807) is 0 Å². The lowest BCUT2D eigenvalue weighted by Gasteiger charge is -2.10. The van der Waals surface area contributed by atoms with Crippen LogP contribution in [0.25, 0.3) is 33.8 Å². The molecule has 0 spiro atoms. The first-order chi connectivity index (χ1) is 32.5. The Morgan fingerprint density at radius 1 is 0.557 bits per heavy atom. The normalized spacial score (nSPS) is 11.5. The number of benzene rings is 3. The molecule has 0 amide bonds. The van der Waals surface area contributed by atoms with Gasteiger partial charge in [-0.2, -0.15) is 15.3 Å². The van der Waals surface area contributed by atoms with Crippen LogP contribution in [-0.4, -0.2) is 107 Å². The number of terminal acetylenes is 2. The topological polar surface area (TPSA) is 193 Å². The summed E-state index contributed by atoms with van der Waals surface area (Å²) < 4.78 is 138. The molecule has 3 aromatic heterocycles. The molecule has 0 aliphatic heterocycles. The molecule has 3 heterocycles. The zero-order valence-electron chi connectivity index (χ0n) is 37.3. The number of aromatic nitrogens is 6. The Kier molecular flexibility index (Phi) is 19.6. The highest BCUT2D eigenvalue weighted by atomic mass is 79.9. The van der Waals surface area contributed by atoms with Gasteiger partial charge in [0, 0.05) is 63.7 Å². The van der Waals surface area contributed by atoms with E-state index in [1.807, 2.05) is 0 Å². The molecule has 0 bridgehead atoms. The first kappa shape index (κ1) is 57.9. The summed E-state index contributed by atoms with van der Waals surface area (Å²) in [5.41, 5.74) is 0.0605. The molecule has 0 atom stereocenters. The maximum Gasteiger partial charge on any atom is 0.193 e. The van der Waals surface area contributed by atoms with Gasteiger partial charge in [0.2, 0.25) is 0 Å². The third-order valence-corrected chi connectivity index (χ3v) is 15.2. The van der Waals surface area contributed by atoms with Crippen molar-refractivity contribution >= 4 is 103 Å². The molecule has 16 nitrogen and oxygen atoms in total. The molecular formula is C42H37BrCl5F3N6O10S3. The highest BCUT2D eigenvalue weighted by Crippen LogP contribution is 2.41. The zero-order chi connectivity index (χ0) is 52.8. The fraction of sp³-hybridized carbons (Fsp3) is 0.262. The number of ether oxygens (including phenoxy) is 4. The fourth-order valence-electron chi connectivity index (χ4n) is 6.11. The minimum atomic E-state index is -3.63. The van der Waals surface area contributed by atoms with Gasteiger partial charge in [0.25, 0.3) is 0 Å². The van der Waals surface area contributed by atoms with Crippen molar-refractivity contribution in [2.24, 2.45) is 21.1 Å². The summed E-state index contributed by atoms with van der Waals surface area (Å²) >= 11 is 33.1. The highest BCUT2D eigenvalue weighted by molar-refractivity contribution is 9.10. The summed E-state index contributed by atoms with van der Waals surface area (Å²) in [5.74, 6) is 3.00. The lowest BCUT2D eigenvalue weighted by molar-refractivity contribution is 0.146. The smallest absolute Gasteiger partial charge is 0.193 e. The van der Waals surface area contributed by atoms with Crippen molar-refractivity contribution in [1.82, 2.24) is 29.3 Å². The summed E-state index contributed by atoms with van der Waals surface area (Å²) in [6.45, 7) is 0.440. The minimum Gasteiger partial charge on any atom is -0.490 e. The number of aryl methyl sites for hydroxylation is 3. The van der Waals surface area contributed by atoms with E-state index in [9.17, 15) is 38.4 Å². The second-order valence-electron chi connectivity index (χ2n) is 14.2. The van der Waals surface area contributed by atoms with Crippen LogP contribution >= 0.6 is 73.9 Å². The molecule has 376 valence electrons. The second-order valence-corrected chi connectivity index (χ2v) is 22.8. The van der Waals surface area contributed by atoms with Crippen molar-refractivity contribution in [1.29, 1.82) is 0 Å². The largest absolute Gasteiger partial charge is 0.490 e. The average Bonchev–Trinajstić information content (AvgIpc) is 3.84. The summed E-state index contributed by atoms with van der Waals surface area (Å²) in [5, 5.41) is 11.4. The molecule has 0 aliphatic rings. The number of sulfone groups is 3. The first-order valence-electron chi connectivity index (χ1n) is 19.0. The fourth-order valence-corrected chi connectivity index (χ4v) is 12.3. The number of methoxy groups -OCH3 is 1. The lowest BCUT2D eigenvalue weighted by Crippen LogP contribution is -2.05. The van der Waals surface area contributed by atoms with Crippen molar-refractivity contribution in [3.8, 4) is 75.7 Å². The Bertz CT molecular complexity index is 3260. The van der Waals surface area contributed by atoms with Gasteiger partial charge in [-0.25, -0.2) is 38.4 Å². The predicted molar refractivity (Wildman–Crippen MR) is 264 cm³/mol. The van der Waals surface area contributed by atoms with Crippen LogP contribution in [0.3, 0.4) is 0 Å². The van der Waals surface area contributed by atoms with Crippen molar-refractivity contribution < 1.29 is 57.4 Å². The third kappa shape index (κ3) is 13.6. The van der Waals surface area contributed by atoms with Gasteiger partial charge >= 0.3 is 0 Å². The molecule has 70 heavy (non-hydrogen) atoms. The molecule has 0 unspecified atom stereocenters. The van der Waals surface area contributed by atoms with Crippen molar-refractivity contribution in [3.05, 3.63) is 83.4 Å². The molecule has 0 fully saturated rings. The van der Waals surface area contributed by atoms with Gasteiger partial charge in [0.1, 0.15) is 81.6 Å². The molecule has 0 radical (unpaired) electrons. The van der Waals surface area contributed by atoms with Crippen LogP contribution in [0.1, 0.15) is 0 Å². The Balaban J connectivity index is 0.000000228. The molecule has 3 aromatic carbocycles. The van der Waals surface area contributed by atoms with E-state index in [0.29, 0.717) is 6.61 Å². The lowest BCUT2D eigenvalue weighted by atomic mass is 10.1. The number of halogens is 9. The molecule has 0 aliphatic carbocycles. The van der Waals surface area contributed by atoms with Crippen LogP contribution in [0.4, 0.5) is 13.2 Å². The van der Waals surface area contributed by atoms with Crippen LogP contribution < -0.4 is 14.2 Å². The Hall–Kier alpha value is -4.66. The number of rotatable bonds is 14. The van der Waals surface area contributed by atoms with E-state index in [0.717, 1.165) is 51.0 Å². The van der Waals surface area contributed by atoms with E-state index in [4.69, 9.17) is 89.8 Å². The van der Waals surface area contributed by atoms with E-state index in [2.05, 4.69) is 43.1 Å². The number of nitrogens with zero attached hydrogens (tertiary/aromatic N) is 6. The van der Waals surface area contributed by atoms with Crippen molar-refractivity contribution in [2.75, 3.05) is 52.3 Å². The van der Waals surface area contributed by atoms with Crippen LogP contribution in [0.2, 0.25) is 25.1 Å². The SMILES string of the molecule is C#CCOc1cc(-c2nn(C)c(S(C)(=O)=O)c2Br)c(F)cc1Cl.C#CCOc1cc(-c2nn(C)c(S(C)(=O)=O)c2Cl)c(F)cc1Cl.COCCOc1cc(-c2nn(C)c(S(C)(=O)=O)c2Cl)c(F)cc1Cl. The predicted octanol–water partition coefficient (Wildman–Crippen LogP) is 8.97. The Morgan fingerprint density at radius 2 is 0.871 bits per heavy atom. The van der Waals surface area contributed by atoms with E-state index in [-0.39, 0.29) is 116 Å². The van der Waals surface area contributed by atoms with Crippen molar-refractivity contribution in [3.63, 3.8) is 0 Å². The summed E-state index contributed by atoms with van der Waals surface area (Å²) in [6.07, 6.45) is 13.2. The molecule has 0 N–H and O–H groups in total. The minimum absolute atomic E-state index is 0.00894. The van der Waals surface area contributed by atoms with Crippen molar-refractivity contribution in [2.45, 2.75) is 15.1 Å². The van der Waals surface area contributed by atoms with Crippen LogP contribution in [-0.2, 0) is 55.4 Å². The first-order valence-corrected chi connectivity index (χ1v) is 27.4. The zero-order valence-corrected chi connectivity index (χ0v) is 45.2. The number of hydrogen-bond acceptors (Lipinski definition) is 13. The highest BCUT2D eigenvalue weighted by Gasteiger charge is 2.29. The van der Waals surface area contributed by atoms with E-state index in [1.165, 1.54) is 46.5 Å². The van der Waals surface area contributed by atoms with Gasteiger partial charge in [-0.1, -0.05) is 69.8 Å². The summed E-state index contributed by atoms with van der Waals surface area (Å²) in [7, 11) is -5.03. The molecule has 6 aromatic rings. The van der Waals surface area contributed by atoms with E-state index < -0.39 is 47.0 Å². The van der Waals surface area contributed by atoms with E-state index >= 15 is 0 Å². The van der Waals surface area contributed by atoms with Gasteiger partial charge in [0.15, 0.2) is 44.6 Å². The summed E-state index contributed by atoms with van der Waals surface area (Å²) in [4.78, 5) is 0. The maximum absolute atomic E-state index is 14.3. The van der Waals surface area contributed by atoms with Gasteiger partial charge in [-0.05, 0) is 52.3 Å². The van der Waals surface area contributed by atoms with Gasteiger partial charge in [0.05, 0.1) is 26.1 Å². The monoisotopic (exact) mass is 1190 g/mol. The van der Waals surface area contributed by atoms with Crippen LogP contribution in [0.15, 0.2) is 55.9 Å². The second kappa shape index (κ2) is 23.7.